The third-order valence-electron chi connectivity index (χ3n) is 2.84. The lowest BCUT2D eigenvalue weighted by atomic mass is 10.0. The molecule has 1 aliphatic rings. The summed E-state index contributed by atoms with van der Waals surface area (Å²) in [5, 5.41) is 3.48. The summed E-state index contributed by atoms with van der Waals surface area (Å²) in [4.78, 5) is 0. The van der Waals surface area contributed by atoms with E-state index in [1.54, 1.807) is 0 Å². The summed E-state index contributed by atoms with van der Waals surface area (Å²) >= 11 is 0. The largest absolute Gasteiger partial charge is 0.374 e. The summed E-state index contributed by atoms with van der Waals surface area (Å²) < 4.78 is 5.67. The molecule has 0 spiro atoms. The van der Waals surface area contributed by atoms with Crippen LogP contribution in [-0.2, 0) is 4.74 Å². The van der Waals surface area contributed by atoms with Crippen molar-refractivity contribution in [1.29, 1.82) is 0 Å². The van der Waals surface area contributed by atoms with Gasteiger partial charge in [-0.05, 0) is 26.2 Å². The summed E-state index contributed by atoms with van der Waals surface area (Å²) in [5.74, 6) is 3.27. The van der Waals surface area contributed by atoms with Gasteiger partial charge in [0.15, 0.2) is 0 Å². The molecule has 1 aliphatic heterocycles. The molecule has 0 aromatic heterocycles. The van der Waals surface area contributed by atoms with Crippen LogP contribution in [-0.4, -0.2) is 24.3 Å². The van der Waals surface area contributed by atoms with Crippen LogP contribution in [0.3, 0.4) is 0 Å². The number of nitrogens with one attached hydrogen (secondary N) is 1. The molecule has 0 amide bonds. The van der Waals surface area contributed by atoms with Gasteiger partial charge in [-0.1, -0.05) is 19.8 Å². The highest BCUT2D eigenvalue weighted by Gasteiger charge is 2.31. The molecular weight excluding hydrogens is 174 g/mol. The minimum atomic E-state index is 0.163. The zero-order chi connectivity index (χ0) is 10.7. The number of rotatable bonds is 3. The highest BCUT2D eigenvalue weighted by Crippen LogP contribution is 2.20. The van der Waals surface area contributed by atoms with Crippen LogP contribution in [0.1, 0.15) is 34.1 Å². The molecule has 0 aromatic rings. The summed E-state index contributed by atoms with van der Waals surface area (Å²) in [7, 11) is 0. The first kappa shape index (κ1) is 11.6. The van der Waals surface area contributed by atoms with Gasteiger partial charge in [0.05, 0.1) is 18.2 Å². The Hall–Kier alpha value is -0.520. The smallest absolute Gasteiger partial charge is 0.0713 e. The highest BCUT2D eigenvalue weighted by atomic mass is 16.5. The Morgan fingerprint density at radius 3 is 2.43 bits per heavy atom. The van der Waals surface area contributed by atoms with Gasteiger partial charge in [-0.2, -0.15) is 0 Å². The minimum Gasteiger partial charge on any atom is -0.374 e. The SMILES string of the molecule is C#CC(NC1CC(C)OC1C)C(C)C. The average molecular weight is 195 g/mol. The van der Waals surface area contributed by atoms with E-state index in [2.05, 4.69) is 38.9 Å². The van der Waals surface area contributed by atoms with E-state index >= 15 is 0 Å². The van der Waals surface area contributed by atoms with E-state index in [0.29, 0.717) is 18.1 Å². The average Bonchev–Trinajstić information content (AvgIpc) is 2.40. The first-order chi connectivity index (χ1) is 6.54. The van der Waals surface area contributed by atoms with E-state index < -0.39 is 0 Å². The van der Waals surface area contributed by atoms with Gasteiger partial charge in [-0.3, -0.25) is 5.32 Å². The standard InChI is InChI=1S/C12H21NO/c1-6-11(8(2)3)13-12-7-9(4)14-10(12)5/h1,8-13H,7H2,2-5H3. The van der Waals surface area contributed by atoms with Crippen LogP contribution in [0.4, 0.5) is 0 Å². The molecule has 80 valence electrons. The number of hydrogen-bond donors (Lipinski definition) is 1. The summed E-state index contributed by atoms with van der Waals surface area (Å²) in [6.07, 6.45) is 7.17. The van der Waals surface area contributed by atoms with Crippen molar-refractivity contribution in [1.82, 2.24) is 5.32 Å². The fraction of sp³-hybridized carbons (Fsp3) is 0.833. The Morgan fingerprint density at radius 1 is 1.43 bits per heavy atom. The second kappa shape index (κ2) is 4.82. The molecule has 0 radical (unpaired) electrons. The number of ether oxygens (including phenoxy) is 1. The molecule has 4 unspecified atom stereocenters. The second-order valence-electron chi connectivity index (χ2n) is 4.55. The molecule has 1 fully saturated rings. The second-order valence-corrected chi connectivity index (χ2v) is 4.55. The van der Waals surface area contributed by atoms with E-state index in [9.17, 15) is 0 Å². The van der Waals surface area contributed by atoms with Crippen LogP contribution < -0.4 is 5.32 Å². The fourth-order valence-electron chi connectivity index (χ4n) is 1.93. The van der Waals surface area contributed by atoms with Crippen LogP contribution in [0, 0.1) is 18.3 Å². The predicted octanol–water partition coefficient (Wildman–Crippen LogP) is 1.80. The molecular formula is C12H21NO. The topological polar surface area (TPSA) is 21.3 Å². The molecule has 1 rings (SSSR count). The number of terminal acetylenes is 1. The Labute approximate surface area is 87.4 Å². The van der Waals surface area contributed by atoms with Crippen molar-refractivity contribution in [2.45, 2.75) is 58.4 Å². The van der Waals surface area contributed by atoms with Crippen molar-refractivity contribution < 1.29 is 4.74 Å². The molecule has 0 aliphatic carbocycles. The lowest BCUT2D eigenvalue weighted by Crippen LogP contribution is -2.43. The van der Waals surface area contributed by atoms with Gasteiger partial charge >= 0.3 is 0 Å². The zero-order valence-corrected chi connectivity index (χ0v) is 9.58. The van der Waals surface area contributed by atoms with E-state index in [0.717, 1.165) is 6.42 Å². The number of hydrogen-bond acceptors (Lipinski definition) is 2. The van der Waals surface area contributed by atoms with Crippen LogP contribution in [0.25, 0.3) is 0 Å². The van der Waals surface area contributed by atoms with E-state index in [-0.39, 0.29) is 12.1 Å². The van der Waals surface area contributed by atoms with Gasteiger partial charge in [0.2, 0.25) is 0 Å². The molecule has 14 heavy (non-hydrogen) atoms. The molecule has 0 saturated carbocycles. The van der Waals surface area contributed by atoms with E-state index in [1.807, 2.05) is 0 Å². The van der Waals surface area contributed by atoms with Gasteiger partial charge in [0.25, 0.3) is 0 Å². The van der Waals surface area contributed by atoms with E-state index in [1.165, 1.54) is 0 Å². The Morgan fingerprint density at radius 2 is 2.07 bits per heavy atom. The lowest BCUT2D eigenvalue weighted by Gasteiger charge is -2.23. The summed E-state index contributed by atoms with van der Waals surface area (Å²) in [6.45, 7) is 8.50. The van der Waals surface area contributed by atoms with Crippen LogP contribution in [0.5, 0.6) is 0 Å². The van der Waals surface area contributed by atoms with Crippen molar-refractivity contribution in [2.24, 2.45) is 5.92 Å². The van der Waals surface area contributed by atoms with Crippen LogP contribution in [0.2, 0.25) is 0 Å². The van der Waals surface area contributed by atoms with Crippen LogP contribution in [0.15, 0.2) is 0 Å². The Bertz CT molecular complexity index is 219. The van der Waals surface area contributed by atoms with E-state index in [4.69, 9.17) is 11.2 Å². The minimum absolute atomic E-state index is 0.163. The monoisotopic (exact) mass is 195 g/mol. The molecule has 0 aromatic carbocycles. The highest BCUT2D eigenvalue weighted by molar-refractivity contribution is 5.03. The predicted molar refractivity (Wildman–Crippen MR) is 59.0 cm³/mol. The molecule has 2 nitrogen and oxygen atoms in total. The first-order valence-corrected chi connectivity index (χ1v) is 5.42. The Balaban J connectivity index is 2.48. The lowest BCUT2D eigenvalue weighted by molar-refractivity contribution is 0.0596. The molecule has 2 heteroatoms. The van der Waals surface area contributed by atoms with Crippen LogP contribution >= 0.6 is 0 Å². The van der Waals surface area contributed by atoms with Gasteiger partial charge < -0.3 is 4.74 Å². The van der Waals surface area contributed by atoms with Gasteiger partial charge in [-0.15, -0.1) is 6.42 Å². The van der Waals surface area contributed by atoms with Crippen molar-refractivity contribution in [3.63, 3.8) is 0 Å². The maximum Gasteiger partial charge on any atom is 0.0713 e. The fourth-order valence-corrected chi connectivity index (χ4v) is 1.93. The molecule has 0 bridgehead atoms. The quantitative estimate of drug-likeness (QED) is 0.693. The van der Waals surface area contributed by atoms with Crippen molar-refractivity contribution >= 4 is 0 Å². The third kappa shape index (κ3) is 2.73. The maximum absolute atomic E-state index is 5.67. The van der Waals surface area contributed by atoms with Gasteiger partial charge in [0.1, 0.15) is 0 Å². The maximum atomic E-state index is 5.67. The van der Waals surface area contributed by atoms with Crippen molar-refractivity contribution in [2.75, 3.05) is 0 Å². The van der Waals surface area contributed by atoms with Crippen molar-refractivity contribution in [3.8, 4) is 12.3 Å². The van der Waals surface area contributed by atoms with Gasteiger partial charge in [-0.25, -0.2) is 0 Å². The first-order valence-electron chi connectivity index (χ1n) is 5.42. The molecule has 1 N–H and O–H groups in total. The normalized spacial score (nSPS) is 34.4. The third-order valence-corrected chi connectivity index (χ3v) is 2.84. The molecule has 1 heterocycles. The molecule has 1 saturated heterocycles. The summed E-state index contributed by atoms with van der Waals surface area (Å²) in [5.41, 5.74) is 0. The van der Waals surface area contributed by atoms with Gasteiger partial charge in [0, 0.05) is 6.04 Å². The Kier molecular flexibility index (Phi) is 3.97. The zero-order valence-electron chi connectivity index (χ0n) is 9.58. The summed E-state index contributed by atoms with van der Waals surface area (Å²) in [6, 6.07) is 0.574. The van der Waals surface area contributed by atoms with Crippen molar-refractivity contribution in [3.05, 3.63) is 0 Å². The molecule has 4 atom stereocenters.